The third-order valence-electron chi connectivity index (χ3n) is 3.68. The molecule has 2 amide bonds. The molecule has 0 aliphatic carbocycles. The Labute approximate surface area is 181 Å². The van der Waals surface area contributed by atoms with E-state index in [0.29, 0.717) is 41.8 Å². The Morgan fingerprint density at radius 3 is 2.40 bits per heavy atom. The molecule has 0 aromatic heterocycles. The van der Waals surface area contributed by atoms with Crippen LogP contribution >= 0.6 is 12.2 Å². The normalized spacial score (nSPS) is 10.1. The Morgan fingerprint density at radius 2 is 1.73 bits per heavy atom. The standard InChI is InChI=1S/C22H25N3O4S/c1-4-12-28-18-10-8-16(9-11-18)21(27)24-25-22(30)23-20(26)17-6-5-7-19(13-17)29-14-15(2)3/h4-11,13,15H,1,12,14H2,2-3H3,(H,24,27)(H2,23,25,26,30). The first-order valence-corrected chi connectivity index (χ1v) is 9.78. The molecule has 2 aromatic rings. The van der Waals surface area contributed by atoms with Crippen LogP contribution in [0.4, 0.5) is 0 Å². The summed E-state index contributed by atoms with van der Waals surface area (Å²) in [6.07, 6.45) is 1.63. The monoisotopic (exact) mass is 427 g/mol. The highest BCUT2D eigenvalue weighted by Crippen LogP contribution is 2.14. The van der Waals surface area contributed by atoms with Gasteiger partial charge in [0.2, 0.25) is 0 Å². The highest BCUT2D eigenvalue weighted by Gasteiger charge is 2.11. The molecule has 0 aliphatic heterocycles. The van der Waals surface area contributed by atoms with Crippen molar-refractivity contribution in [3.05, 3.63) is 72.3 Å². The molecule has 0 unspecified atom stereocenters. The van der Waals surface area contributed by atoms with Gasteiger partial charge in [-0.05, 0) is 60.6 Å². The van der Waals surface area contributed by atoms with Crippen molar-refractivity contribution in [3.63, 3.8) is 0 Å². The van der Waals surface area contributed by atoms with E-state index in [4.69, 9.17) is 21.7 Å². The van der Waals surface area contributed by atoms with E-state index >= 15 is 0 Å². The van der Waals surface area contributed by atoms with Crippen molar-refractivity contribution in [2.45, 2.75) is 13.8 Å². The molecule has 0 bridgehead atoms. The van der Waals surface area contributed by atoms with Crippen molar-refractivity contribution in [1.29, 1.82) is 0 Å². The summed E-state index contributed by atoms with van der Waals surface area (Å²) in [5.74, 6) is 0.774. The molecule has 0 spiro atoms. The smallest absolute Gasteiger partial charge is 0.269 e. The van der Waals surface area contributed by atoms with E-state index in [1.807, 2.05) is 13.8 Å². The molecular formula is C22H25N3O4S. The topological polar surface area (TPSA) is 88.7 Å². The zero-order valence-corrected chi connectivity index (χ0v) is 17.8. The Hall–Kier alpha value is -3.39. The molecule has 0 radical (unpaired) electrons. The maximum Gasteiger partial charge on any atom is 0.269 e. The summed E-state index contributed by atoms with van der Waals surface area (Å²) in [5, 5.41) is 2.47. The maximum absolute atomic E-state index is 12.4. The van der Waals surface area contributed by atoms with Gasteiger partial charge in [0, 0.05) is 11.1 Å². The zero-order valence-electron chi connectivity index (χ0n) is 16.9. The first-order chi connectivity index (χ1) is 14.4. The number of hydrazine groups is 1. The Bertz CT molecular complexity index is 898. The minimum Gasteiger partial charge on any atom is -0.493 e. The summed E-state index contributed by atoms with van der Waals surface area (Å²) in [5.41, 5.74) is 5.74. The Morgan fingerprint density at radius 1 is 1.00 bits per heavy atom. The highest BCUT2D eigenvalue weighted by atomic mass is 32.1. The molecule has 8 heteroatoms. The van der Waals surface area contributed by atoms with Crippen molar-refractivity contribution in [1.82, 2.24) is 16.2 Å². The predicted octanol–water partition coefficient (Wildman–Crippen LogP) is 3.24. The van der Waals surface area contributed by atoms with Crippen LogP contribution in [0.1, 0.15) is 34.6 Å². The number of ether oxygens (including phenoxy) is 2. The molecule has 0 aliphatic rings. The average molecular weight is 428 g/mol. The van der Waals surface area contributed by atoms with Crippen LogP contribution in [0, 0.1) is 5.92 Å². The number of amides is 2. The SMILES string of the molecule is C=CCOc1ccc(C(=O)NNC(=S)NC(=O)c2cccc(OCC(C)C)c2)cc1. The molecule has 0 atom stereocenters. The van der Waals surface area contributed by atoms with E-state index in [1.54, 1.807) is 54.6 Å². The van der Waals surface area contributed by atoms with Crippen LogP contribution < -0.4 is 25.6 Å². The van der Waals surface area contributed by atoms with Gasteiger partial charge in [-0.1, -0.05) is 32.6 Å². The summed E-state index contributed by atoms with van der Waals surface area (Å²) < 4.78 is 11.0. The molecule has 0 saturated heterocycles. The molecule has 3 N–H and O–H groups in total. The zero-order chi connectivity index (χ0) is 21.9. The molecule has 2 rings (SSSR count). The summed E-state index contributed by atoms with van der Waals surface area (Å²) in [7, 11) is 0. The lowest BCUT2D eigenvalue weighted by Crippen LogP contribution is -2.48. The van der Waals surface area contributed by atoms with Crippen LogP contribution in [0.15, 0.2) is 61.2 Å². The van der Waals surface area contributed by atoms with Crippen LogP contribution in [0.3, 0.4) is 0 Å². The molecule has 30 heavy (non-hydrogen) atoms. The second-order valence-corrected chi connectivity index (χ2v) is 7.13. The highest BCUT2D eigenvalue weighted by molar-refractivity contribution is 7.80. The van der Waals surface area contributed by atoms with Gasteiger partial charge in [-0.2, -0.15) is 0 Å². The Balaban J connectivity index is 1.83. The van der Waals surface area contributed by atoms with Crippen molar-refractivity contribution in [2.75, 3.05) is 13.2 Å². The fraction of sp³-hybridized carbons (Fsp3) is 0.227. The molecule has 0 heterocycles. The number of nitrogens with one attached hydrogen (secondary N) is 3. The summed E-state index contributed by atoms with van der Waals surface area (Å²) >= 11 is 5.07. The lowest BCUT2D eigenvalue weighted by atomic mass is 10.2. The molecule has 0 saturated carbocycles. The first kappa shape index (κ1) is 22.9. The van der Waals surface area contributed by atoms with Gasteiger partial charge in [0.1, 0.15) is 18.1 Å². The fourth-order valence-corrected chi connectivity index (χ4v) is 2.38. The van der Waals surface area contributed by atoms with Crippen molar-refractivity contribution in [3.8, 4) is 11.5 Å². The van der Waals surface area contributed by atoms with Crippen LogP contribution in [0.2, 0.25) is 0 Å². The number of carbonyl (C=O) groups is 2. The van der Waals surface area contributed by atoms with Crippen molar-refractivity contribution >= 4 is 29.1 Å². The largest absolute Gasteiger partial charge is 0.493 e. The number of benzene rings is 2. The number of hydrogen-bond donors (Lipinski definition) is 3. The second kappa shape index (κ2) is 11.6. The van der Waals surface area contributed by atoms with Crippen molar-refractivity contribution < 1.29 is 19.1 Å². The number of thiocarbonyl (C=S) groups is 1. The van der Waals surface area contributed by atoms with Gasteiger partial charge in [0.25, 0.3) is 11.8 Å². The van der Waals surface area contributed by atoms with Gasteiger partial charge in [0.15, 0.2) is 5.11 Å². The third-order valence-corrected chi connectivity index (χ3v) is 3.88. The third kappa shape index (κ3) is 7.56. The van der Waals surface area contributed by atoms with Gasteiger partial charge in [-0.15, -0.1) is 0 Å². The van der Waals surface area contributed by atoms with Crippen LogP contribution in [-0.2, 0) is 0 Å². The lowest BCUT2D eigenvalue weighted by Gasteiger charge is -2.12. The van der Waals surface area contributed by atoms with Gasteiger partial charge in [-0.3, -0.25) is 25.8 Å². The van der Waals surface area contributed by atoms with Gasteiger partial charge < -0.3 is 9.47 Å². The Kier molecular flexibility index (Phi) is 8.83. The van der Waals surface area contributed by atoms with Gasteiger partial charge >= 0.3 is 0 Å². The molecule has 158 valence electrons. The molecule has 0 fully saturated rings. The quantitative estimate of drug-likeness (QED) is 0.341. The maximum atomic E-state index is 12.4. The van der Waals surface area contributed by atoms with E-state index in [1.165, 1.54) is 0 Å². The molecule has 7 nitrogen and oxygen atoms in total. The molecular weight excluding hydrogens is 402 g/mol. The van der Waals surface area contributed by atoms with Crippen LogP contribution in [0.25, 0.3) is 0 Å². The minimum atomic E-state index is -0.416. The van der Waals surface area contributed by atoms with Gasteiger partial charge in [0.05, 0.1) is 6.61 Å². The summed E-state index contributed by atoms with van der Waals surface area (Å²) in [6.45, 7) is 8.60. The van der Waals surface area contributed by atoms with Gasteiger partial charge in [-0.25, -0.2) is 0 Å². The van der Waals surface area contributed by atoms with E-state index in [9.17, 15) is 9.59 Å². The average Bonchev–Trinajstić information content (AvgIpc) is 2.75. The van der Waals surface area contributed by atoms with E-state index in [2.05, 4.69) is 22.7 Å². The number of carbonyl (C=O) groups excluding carboxylic acids is 2. The van der Waals surface area contributed by atoms with Crippen LogP contribution in [-0.4, -0.2) is 30.1 Å². The first-order valence-electron chi connectivity index (χ1n) is 9.37. The number of rotatable bonds is 8. The summed E-state index contributed by atoms with van der Waals surface area (Å²) in [4.78, 5) is 24.5. The van der Waals surface area contributed by atoms with Crippen molar-refractivity contribution in [2.24, 2.45) is 5.92 Å². The number of hydrogen-bond acceptors (Lipinski definition) is 5. The van der Waals surface area contributed by atoms with E-state index < -0.39 is 11.8 Å². The van der Waals surface area contributed by atoms with Crippen LogP contribution in [0.5, 0.6) is 11.5 Å². The van der Waals surface area contributed by atoms with E-state index in [-0.39, 0.29) is 5.11 Å². The predicted molar refractivity (Wildman–Crippen MR) is 120 cm³/mol. The van der Waals surface area contributed by atoms with E-state index in [0.717, 1.165) is 0 Å². The fourth-order valence-electron chi connectivity index (χ4n) is 2.24. The molecule has 2 aromatic carbocycles. The second-order valence-electron chi connectivity index (χ2n) is 6.72. The summed E-state index contributed by atoms with van der Waals surface area (Å²) in [6, 6.07) is 13.4. The minimum absolute atomic E-state index is 0.0345. The lowest BCUT2D eigenvalue weighted by molar-refractivity contribution is 0.0934.